The lowest BCUT2D eigenvalue weighted by Gasteiger charge is -2.37. The van der Waals surface area contributed by atoms with E-state index < -0.39 is 5.82 Å². The maximum Gasteiger partial charge on any atom is 0.225 e. The number of guanidine groups is 1. The van der Waals surface area contributed by atoms with E-state index in [1.165, 1.54) is 12.4 Å². The Bertz CT molecular complexity index is 699. The van der Waals surface area contributed by atoms with Crippen LogP contribution in [0.15, 0.2) is 40.2 Å². The summed E-state index contributed by atoms with van der Waals surface area (Å²) in [5.41, 5.74) is 0. The van der Waals surface area contributed by atoms with Gasteiger partial charge in [-0.15, -0.1) is 24.0 Å². The van der Waals surface area contributed by atoms with Gasteiger partial charge in [0.15, 0.2) is 11.8 Å². The molecular formula is C18H26FIN6O. The molecule has 0 saturated carbocycles. The summed E-state index contributed by atoms with van der Waals surface area (Å²) < 4.78 is 18.3. The number of aliphatic imine (C=N–C) groups is 1. The van der Waals surface area contributed by atoms with Crippen LogP contribution in [0.4, 0.5) is 10.3 Å². The summed E-state index contributed by atoms with van der Waals surface area (Å²) in [6.45, 7) is 8.02. The SMILES string of the molecule is CC(C)NC(=NCCc1ccco1)N1CCN(c2ncc(F)cn2)CC1.I. The van der Waals surface area contributed by atoms with Crippen molar-refractivity contribution in [1.29, 1.82) is 0 Å². The molecule has 1 fully saturated rings. The summed E-state index contributed by atoms with van der Waals surface area (Å²) in [5, 5.41) is 3.44. The van der Waals surface area contributed by atoms with Gasteiger partial charge in [-0.25, -0.2) is 14.4 Å². The van der Waals surface area contributed by atoms with Crippen LogP contribution in [-0.2, 0) is 6.42 Å². The summed E-state index contributed by atoms with van der Waals surface area (Å²) in [5.74, 6) is 2.00. The molecule has 2 aromatic rings. The third-order valence-electron chi connectivity index (χ3n) is 4.09. The van der Waals surface area contributed by atoms with Gasteiger partial charge in [-0.1, -0.05) is 0 Å². The van der Waals surface area contributed by atoms with Gasteiger partial charge in [0.25, 0.3) is 0 Å². The van der Waals surface area contributed by atoms with Gasteiger partial charge >= 0.3 is 0 Å². The van der Waals surface area contributed by atoms with Crippen LogP contribution >= 0.6 is 24.0 Å². The Hall–Kier alpha value is -1.91. The molecule has 0 aromatic carbocycles. The number of piperazine rings is 1. The maximum atomic E-state index is 13.0. The van der Waals surface area contributed by atoms with E-state index in [1.807, 2.05) is 12.1 Å². The van der Waals surface area contributed by atoms with Crippen molar-refractivity contribution in [2.45, 2.75) is 26.3 Å². The fourth-order valence-corrected chi connectivity index (χ4v) is 2.81. The van der Waals surface area contributed by atoms with Gasteiger partial charge < -0.3 is 19.5 Å². The fourth-order valence-electron chi connectivity index (χ4n) is 2.81. The Morgan fingerprint density at radius 2 is 1.96 bits per heavy atom. The first-order valence-electron chi connectivity index (χ1n) is 8.92. The molecule has 148 valence electrons. The van der Waals surface area contributed by atoms with Crippen LogP contribution in [0.3, 0.4) is 0 Å². The van der Waals surface area contributed by atoms with E-state index >= 15 is 0 Å². The van der Waals surface area contributed by atoms with Gasteiger partial charge in [-0.3, -0.25) is 4.99 Å². The van der Waals surface area contributed by atoms with E-state index in [1.54, 1.807) is 6.26 Å². The van der Waals surface area contributed by atoms with Crippen molar-refractivity contribution in [3.63, 3.8) is 0 Å². The van der Waals surface area contributed by atoms with Crippen molar-refractivity contribution >= 4 is 35.9 Å². The highest BCUT2D eigenvalue weighted by Crippen LogP contribution is 2.11. The lowest BCUT2D eigenvalue weighted by molar-refractivity contribution is 0.365. The average Bonchev–Trinajstić information content (AvgIpc) is 3.15. The van der Waals surface area contributed by atoms with Gasteiger partial charge in [0.1, 0.15) is 5.76 Å². The molecule has 3 heterocycles. The number of halogens is 2. The number of aromatic nitrogens is 2. The zero-order valence-corrected chi connectivity index (χ0v) is 18.0. The number of nitrogens with one attached hydrogen (secondary N) is 1. The maximum absolute atomic E-state index is 13.0. The fraction of sp³-hybridized carbons (Fsp3) is 0.500. The molecule has 1 aliphatic rings. The molecular weight excluding hydrogens is 462 g/mol. The van der Waals surface area contributed by atoms with E-state index in [2.05, 4.69) is 38.9 Å². The molecule has 0 radical (unpaired) electrons. The topological polar surface area (TPSA) is 69.8 Å². The number of nitrogens with zero attached hydrogens (tertiary/aromatic N) is 5. The highest BCUT2D eigenvalue weighted by atomic mass is 127. The average molecular weight is 488 g/mol. The third-order valence-corrected chi connectivity index (χ3v) is 4.09. The van der Waals surface area contributed by atoms with E-state index in [0.717, 1.165) is 44.3 Å². The largest absolute Gasteiger partial charge is 0.469 e. The molecule has 1 N–H and O–H groups in total. The highest BCUT2D eigenvalue weighted by Gasteiger charge is 2.21. The lowest BCUT2D eigenvalue weighted by atomic mass is 10.3. The van der Waals surface area contributed by atoms with E-state index in [9.17, 15) is 4.39 Å². The Labute approximate surface area is 176 Å². The van der Waals surface area contributed by atoms with Gasteiger partial charge in [0, 0.05) is 45.2 Å². The summed E-state index contributed by atoms with van der Waals surface area (Å²) in [7, 11) is 0. The van der Waals surface area contributed by atoms with E-state index in [-0.39, 0.29) is 24.0 Å². The lowest BCUT2D eigenvalue weighted by Crippen LogP contribution is -2.54. The molecule has 0 amide bonds. The first-order chi connectivity index (χ1) is 12.6. The predicted octanol–water partition coefficient (Wildman–Crippen LogP) is 2.55. The summed E-state index contributed by atoms with van der Waals surface area (Å²) in [4.78, 5) is 17.2. The molecule has 0 bridgehead atoms. The zero-order chi connectivity index (χ0) is 18.4. The normalized spacial score (nSPS) is 15.0. The molecule has 9 heteroatoms. The highest BCUT2D eigenvalue weighted by molar-refractivity contribution is 14.0. The van der Waals surface area contributed by atoms with Crippen molar-refractivity contribution < 1.29 is 8.81 Å². The standard InChI is InChI=1S/C18H25FN6O.HI/c1-14(2)23-18(20-6-5-16-4-3-11-26-16)25-9-7-24(8-10-25)17-21-12-15(19)13-22-17;/h3-4,11-14H,5-10H2,1-2H3,(H,20,23);1H. The molecule has 3 rings (SSSR count). The van der Waals surface area contributed by atoms with Crippen molar-refractivity contribution in [2.24, 2.45) is 4.99 Å². The van der Waals surface area contributed by atoms with Gasteiger partial charge in [-0.2, -0.15) is 0 Å². The second-order valence-corrected chi connectivity index (χ2v) is 6.51. The smallest absolute Gasteiger partial charge is 0.225 e. The molecule has 0 aliphatic carbocycles. The number of furan rings is 1. The second kappa shape index (κ2) is 10.4. The Morgan fingerprint density at radius 1 is 1.26 bits per heavy atom. The Morgan fingerprint density at radius 3 is 2.56 bits per heavy atom. The van der Waals surface area contributed by atoms with E-state index in [4.69, 9.17) is 9.41 Å². The summed E-state index contributed by atoms with van der Waals surface area (Å²) >= 11 is 0. The van der Waals surface area contributed by atoms with Crippen LogP contribution in [-0.4, -0.2) is 59.6 Å². The molecule has 1 aliphatic heterocycles. The second-order valence-electron chi connectivity index (χ2n) is 6.51. The molecule has 1 saturated heterocycles. The molecule has 7 nitrogen and oxygen atoms in total. The van der Waals surface area contributed by atoms with Gasteiger partial charge in [-0.05, 0) is 26.0 Å². The first kappa shape index (κ1) is 21.4. The first-order valence-corrected chi connectivity index (χ1v) is 8.92. The summed E-state index contributed by atoms with van der Waals surface area (Å²) in [6.07, 6.45) is 4.87. The van der Waals surface area contributed by atoms with Crippen LogP contribution in [0.5, 0.6) is 0 Å². The van der Waals surface area contributed by atoms with Gasteiger partial charge in [0.05, 0.1) is 18.7 Å². The van der Waals surface area contributed by atoms with Crippen LogP contribution in [0.2, 0.25) is 0 Å². The molecule has 27 heavy (non-hydrogen) atoms. The van der Waals surface area contributed by atoms with Crippen LogP contribution in [0.25, 0.3) is 0 Å². The van der Waals surface area contributed by atoms with E-state index in [0.29, 0.717) is 18.5 Å². The van der Waals surface area contributed by atoms with Crippen molar-refractivity contribution in [3.8, 4) is 0 Å². The minimum atomic E-state index is -0.417. The quantitative estimate of drug-likeness (QED) is 0.397. The number of anilines is 1. The Kier molecular flexibility index (Phi) is 8.26. The monoisotopic (exact) mass is 488 g/mol. The van der Waals surface area contributed by atoms with Crippen molar-refractivity contribution in [2.75, 3.05) is 37.6 Å². The molecule has 0 unspecified atom stereocenters. The van der Waals surface area contributed by atoms with Crippen molar-refractivity contribution in [3.05, 3.63) is 42.4 Å². The molecule has 2 aromatic heterocycles. The predicted molar refractivity (Wildman–Crippen MR) is 114 cm³/mol. The molecule has 0 atom stereocenters. The van der Waals surface area contributed by atoms with Crippen LogP contribution in [0, 0.1) is 5.82 Å². The minimum absolute atomic E-state index is 0. The minimum Gasteiger partial charge on any atom is -0.469 e. The Balaban J connectivity index is 0.00000261. The van der Waals surface area contributed by atoms with Crippen molar-refractivity contribution in [1.82, 2.24) is 20.2 Å². The number of hydrogen-bond acceptors (Lipinski definition) is 5. The van der Waals surface area contributed by atoms with Crippen LogP contribution in [0.1, 0.15) is 19.6 Å². The number of hydrogen-bond donors (Lipinski definition) is 1. The molecule has 0 spiro atoms. The van der Waals surface area contributed by atoms with Crippen LogP contribution < -0.4 is 10.2 Å². The zero-order valence-electron chi connectivity index (χ0n) is 15.6. The third kappa shape index (κ3) is 6.33. The van der Waals surface area contributed by atoms with Gasteiger partial charge in [0.2, 0.25) is 5.95 Å². The number of rotatable bonds is 5. The summed E-state index contributed by atoms with van der Waals surface area (Å²) in [6, 6.07) is 4.16.